The fourth-order valence-electron chi connectivity index (χ4n) is 10.5. The Kier molecular flexibility index (Phi) is 61.1. The summed E-state index contributed by atoms with van der Waals surface area (Å²) < 4.78 is 68.2. The van der Waals surface area contributed by atoms with Crippen LogP contribution in [0.1, 0.15) is 356 Å². The predicted molar refractivity (Wildman–Crippen MR) is 354 cm³/mol. The lowest BCUT2D eigenvalue weighted by atomic mass is 10.0. The first kappa shape index (κ1) is 86.1. The van der Waals surface area contributed by atoms with Gasteiger partial charge in [-0.25, -0.2) is 9.13 Å². The number of ether oxygens (including phenoxy) is 4. The molecule has 0 heterocycles. The average Bonchev–Trinajstić information content (AvgIpc) is 3.54. The van der Waals surface area contributed by atoms with E-state index >= 15 is 0 Å². The van der Waals surface area contributed by atoms with Crippen LogP contribution in [0.2, 0.25) is 0 Å². The fourth-order valence-corrected chi connectivity index (χ4v) is 12.0. The van der Waals surface area contributed by atoms with Crippen molar-refractivity contribution in [1.29, 1.82) is 0 Å². The quantitative estimate of drug-likeness (QED) is 0.0222. The molecule has 0 radical (unpaired) electrons. The van der Waals surface area contributed by atoms with Crippen molar-refractivity contribution in [1.82, 2.24) is 0 Å². The van der Waals surface area contributed by atoms with Crippen molar-refractivity contribution in [3.05, 3.63) is 0 Å². The van der Waals surface area contributed by atoms with Crippen LogP contribution in [0.3, 0.4) is 0 Å². The molecule has 0 aromatic heterocycles. The minimum absolute atomic E-state index is 0.107. The first-order chi connectivity index (χ1) is 42.5. The Morgan fingerprint density at radius 3 is 0.773 bits per heavy atom. The Morgan fingerprint density at radius 1 is 0.307 bits per heavy atom. The van der Waals surface area contributed by atoms with Crippen molar-refractivity contribution >= 4 is 39.5 Å². The zero-order valence-electron chi connectivity index (χ0n) is 56.9. The third kappa shape index (κ3) is 62.8. The number of aliphatic hydroxyl groups is 1. The predicted octanol–water partition coefficient (Wildman–Crippen LogP) is 19.7. The molecule has 0 aliphatic rings. The van der Waals surface area contributed by atoms with Gasteiger partial charge in [0.05, 0.1) is 26.4 Å². The van der Waals surface area contributed by atoms with E-state index in [9.17, 15) is 43.2 Å². The maximum Gasteiger partial charge on any atom is 0.472 e. The Balaban J connectivity index is 5.24. The summed E-state index contributed by atoms with van der Waals surface area (Å²) in [7, 11) is -9.90. The normalized spacial score (nSPS) is 14.1. The van der Waals surface area contributed by atoms with E-state index in [1.54, 1.807) is 0 Å². The molecule has 0 saturated heterocycles. The molecule has 19 heteroatoms. The van der Waals surface area contributed by atoms with E-state index in [2.05, 4.69) is 34.6 Å². The van der Waals surface area contributed by atoms with Crippen molar-refractivity contribution in [2.24, 2.45) is 5.92 Å². The number of carbonyl (C=O) groups excluding carboxylic acids is 4. The van der Waals surface area contributed by atoms with Crippen LogP contribution in [-0.4, -0.2) is 96.7 Å². The zero-order chi connectivity index (χ0) is 64.9. The summed E-state index contributed by atoms with van der Waals surface area (Å²) in [5, 5.41) is 10.6. The molecule has 3 N–H and O–H groups in total. The van der Waals surface area contributed by atoms with Crippen LogP contribution in [0, 0.1) is 5.92 Å². The molecule has 0 rings (SSSR count). The van der Waals surface area contributed by atoms with E-state index < -0.39 is 97.5 Å². The molecule has 0 aromatic carbocycles. The molecule has 0 spiro atoms. The zero-order valence-corrected chi connectivity index (χ0v) is 58.6. The minimum atomic E-state index is -4.95. The maximum absolute atomic E-state index is 13.0. The number of aliphatic hydroxyl groups excluding tert-OH is 1. The largest absolute Gasteiger partial charge is 0.472 e. The van der Waals surface area contributed by atoms with Gasteiger partial charge < -0.3 is 33.8 Å². The second-order valence-corrected chi connectivity index (χ2v) is 28.3. The molecule has 0 aliphatic carbocycles. The molecule has 0 aromatic rings. The lowest BCUT2D eigenvalue weighted by Gasteiger charge is -2.21. The number of phosphoric acid groups is 2. The molecule has 522 valence electrons. The van der Waals surface area contributed by atoms with E-state index in [0.29, 0.717) is 31.6 Å². The first-order valence-electron chi connectivity index (χ1n) is 36.1. The van der Waals surface area contributed by atoms with Crippen molar-refractivity contribution < 1.29 is 80.2 Å². The molecule has 88 heavy (non-hydrogen) atoms. The molecule has 0 aliphatic heterocycles. The van der Waals surface area contributed by atoms with Gasteiger partial charge in [0, 0.05) is 25.7 Å². The summed E-state index contributed by atoms with van der Waals surface area (Å²) in [5.41, 5.74) is 0. The monoisotopic (exact) mass is 1300 g/mol. The van der Waals surface area contributed by atoms with Crippen LogP contribution in [0.4, 0.5) is 0 Å². The smallest absolute Gasteiger partial charge is 0.462 e. The summed E-state index contributed by atoms with van der Waals surface area (Å²) in [6, 6.07) is 0. The highest BCUT2D eigenvalue weighted by molar-refractivity contribution is 7.47. The maximum atomic E-state index is 13.0. The van der Waals surface area contributed by atoms with Gasteiger partial charge in [0.1, 0.15) is 19.3 Å². The van der Waals surface area contributed by atoms with Crippen molar-refractivity contribution in [3.63, 3.8) is 0 Å². The Bertz CT molecular complexity index is 1700. The molecule has 0 fully saturated rings. The van der Waals surface area contributed by atoms with E-state index in [1.165, 1.54) is 173 Å². The summed E-state index contributed by atoms with van der Waals surface area (Å²) in [6.45, 7) is 7.17. The van der Waals surface area contributed by atoms with Crippen molar-refractivity contribution in [2.75, 3.05) is 39.6 Å². The lowest BCUT2D eigenvalue weighted by molar-refractivity contribution is -0.161. The Morgan fingerprint density at radius 2 is 0.523 bits per heavy atom. The third-order valence-corrected chi connectivity index (χ3v) is 17.9. The highest BCUT2D eigenvalue weighted by Crippen LogP contribution is 2.45. The third-order valence-electron chi connectivity index (χ3n) is 16.0. The van der Waals surface area contributed by atoms with Crippen LogP contribution >= 0.6 is 15.6 Å². The summed E-state index contributed by atoms with van der Waals surface area (Å²) in [4.78, 5) is 72.5. The van der Waals surface area contributed by atoms with Gasteiger partial charge in [0.25, 0.3) is 0 Å². The molecule has 17 nitrogen and oxygen atoms in total. The molecule has 5 atom stereocenters. The van der Waals surface area contributed by atoms with Gasteiger partial charge >= 0.3 is 39.5 Å². The van der Waals surface area contributed by atoms with Crippen LogP contribution in [0.25, 0.3) is 0 Å². The first-order valence-corrected chi connectivity index (χ1v) is 39.1. The van der Waals surface area contributed by atoms with Gasteiger partial charge in [0.15, 0.2) is 12.2 Å². The highest BCUT2D eigenvalue weighted by atomic mass is 31.2. The lowest BCUT2D eigenvalue weighted by Crippen LogP contribution is -2.30. The van der Waals surface area contributed by atoms with Crippen LogP contribution in [0.5, 0.6) is 0 Å². The second kappa shape index (κ2) is 62.5. The molecule has 0 saturated carbocycles. The van der Waals surface area contributed by atoms with Gasteiger partial charge in [-0.05, 0) is 31.6 Å². The van der Waals surface area contributed by atoms with E-state index in [1.807, 2.05) is 0 Å². The van der Waals surface area contributed by atoms with E-state index in [0.717, 1.165) is 96.3 Å². The standard InChI is InChI=1S/C69H134O17P2/c1-6-9-12-15-18-21-24-27-30-33-36-42-47-52-66(71)79-58-64(85-68(73)54-49-44-37-34-31-28-25-22-19-16-13-10-7-2)60-83-87(75,76)81-56-63(70)57-82-88(77,78)84-61-65(59-80-67(72)53-48-43-40-39-41-46-51-62(4)5)86-69(74)55-50-45-38-35-32-29-26-23-20-17-14-11-8-3/h62-65,70H,6-61H2,1-5H3,(H,75,76)(H,77,78)/t63-,64-,65-/m1/s1. The van der Waals surface area contributed by atoms with Gasteiger partial charge in [-0.3, -0.25) is 37.3 Å². The molecular formula is C69H134O17P2. The number of esters is 4. The van der Waals surface area contributed by atoms with Gasteiger partial charge in [0.2, 0.25) is 0 Å². The SMILES string of the molecule is CCCCCCCCCCCCCCCC(=O)OC[C@H](COP(=O)(O)OC[C@@H](O)COP(=O)(O)OC[C@@H](COC(=O)CCCCCCCCC(C)C)OC(=O)CCCCCCCCCCCCCCC)OC(=O)CCCCCCCCCCCCCCC. The minimum Gasteiger partial charge on any atom is -0.462 e. The average molecular weight is 1300 g/mol. The van der Waals surface area contributed by atoms with Crippen LogP contribution in [0.15, 0.2) is 0 Å². The van der Waals surface area contributed by atoms with Crippen molar-refractivity contribution in [2.45, 2.75) is 374 Å². The fraction of sp³-hybridized carbons (Fsp3) is 0.942. The number of hydrogen-bond donors (Lipinski definition) is 3. The number of hydrogen-bond acceptors (Lipinski definition) is 15. The van der Waals surface area contributed by atoms with Gasteiger partial charge in [-0.1, -0.05) is 304 Å². The Labute approximate surface area is 537 Å². The van der Waals surface area contributed by atoms with Crippen molar-refractivity contribution in [3.8, 4) is 0 Å². The van der Waals surface area contributed by atoms with Crippen LogP contribution in [-0.2, 0) is 65.4 Å². The molecular weight excluding hydrogens is 1160 g/mol. The van der Waals surface area contributed by atoms with Gasteiger partial charge in [-0.15, -0.1) is 0 Å². The molecule has 0 bridgehead atoms. The summed E-state index contributed by atoms with van der Waals surface area (Å²) in [6.07, 6.45) is 48.5. The highest BCUT2D eigenvalue weighted by Gasteiger charge is 2.30. The van der Waals surface area contributed by atoms with Gasteiger partial charge in [-0.2, -0.15) is 0 Å². The van der Waals surface area contributed by atoms with Crippen LogP contribution < -0.4 is 0 Å². The Hall–Kier alpha value is -1.94. The molecule has 2 unspecified atom stereocenters. The molecule has 0 amide bonds. The number of unbranched alkanes of at least 4 members (excludes halogenated alkanes) is 41. The number of rotatable bonds is 69. The summed E-state index contributed by atoms with van der Waals surface area (Å²) in [5.74, 6) is -1.44. The second-order valence-electron chi connectivity index (χ2n) is 25.4. The topological polar surface area (TPSA) is 237 Å². The summed E-state index contributed by atoms with van der Waals surface area (Å²) >= 11 is 0. The van der Waals surface area contributed by atoms with E-state index in [4.69, 9.17) is 37.0 Å². The van der Waals surface area contributed by atoms with E-state index in [-0.39, 0.29) is 25.7 Å². The number of carbonyl (C=O) groups is 4. The number of phosphoric ester groups is 2.